The van der Waals surface area contributed by atoms with E-state index in [0.29, 0.717) is 0 Å². The zero-order chi connectivity index (χ0) is 8.36. The summed E-state index contributed by atoms with van der Waals surface area (Å²) in [4.78, 5) is 10.3. The van der Waals surface area contributed by atoms with Crippen LogP contribution in [0.2, 0.25) is 0 Å². The van der Waals surface area contributed by atoms with Crippen molar-refractivity contribution in [2.24, 2.45) is 5.89 Å². The van der Waals surface area contributed by atoms with Gasteiger partial charge in [0.15, 0.2) is 0 Å². The summed E-state index contributed by atoms with van der Waals surface area (Å²) >= 11 is 0. The Balaban J connectivity index is 4.38. The van der Waals surface area contributed by atoms with Crippen molar-refractivity contribution in [3.63, 3.8) is 0 Å². The van der Waals surface area contributed by atoms with Gasteiger partial charge in [0.2, 0.25) is 0 Å². The van der Waals surface area contributed by atoms with E-state index in [1.54, 1.807) is 0 Å². The van der Waals surface area contributed by atoms with E-state index in [4.69, 9.17) is 9.22 Å². The number of hydrogen-bond donors (Lipinski definition) is 1. The number of carboxylic acid groups (broad SMARTS) is 1. The minimum Gasteiger partial charge on any atom is -0.481 e. The maximum absolute atomic E-state index is 10.3. The quantitative estimate of drug-likeness (QED) is 0.571. The van der Waals surface area contributed by atoms with Gasteiger partial charge >= 0.3 is 5.97 Å². The minimum absolute atomic E-state index is 0.576. The molecule has 0 spiro atoms. The summed E-state index contributed by atoms with van der Waals surface area (Å²) in [5, 5.41) is 8.38. The zero-order valence-corrected chi connectivity index (χ0v) is 4.14. The Morgan fingerprint density at radius 1 is 2.43 bits per heavy atom. The molecular weight excluding hydrogens is 92.1 g/mol. The van der Waals surface area contributed by atoms with E-state index in [1.165, 1.54) is 6.92 Å². The second-order valence-corrected chi connectivity index (χ2v) is 1.12. The third-order valence-electron chi connectivity index (χ3n) is 0.623. The molecule has 1 N–H and O–H groups in total. The fourth-order valence-corrected chi connectivity index (χ4v) is 0.123. The molecule has 0 aliphatic heterocycles. The molecule has 0 aromatic rings. The van der Waals surface area contributed by atoms with Crippen LogP contribution >= 0.6 is 0 Å². The van der Waals surface area contributed by atoms with Crippen LogP contribution in [0.15, 0.2) is 0 Å². The Hall–Kier alpha value is -0.530. The van der Waals surface area contributed by atoms with Crippen molar-refractivity contribution in [1.29, 1.82) is 0 Å². The second-order valence-electron chi connectivity index (χ2n) is 1.12. The van der Waals surface area contributed by atoms with Crippen LogP contribution in [0.3, 0.4) is 0 Å². The summed E-state index contributed by atoms with van der Waals surface area (Å²) in [6, 6.07) is 0. The lowest BCUT2D eigenvalue weighted by molar-refractivity contribution is -0.141. The maximum atomic E-state index is 10.3. The predicted molar refractivity (Wildman–Crippen MR) is 27.1 cm³/mol. The SMILES string of the molecule is [2H]C[C@@]([2H])(C(=O)O)[C@@H]([2H])C. The molecule has 0 unspecified atom stereocenters. The highest BCUT2D eigenvalue weighted by Gasteiger charge is 2.05. The van der Waals surface area contributed by atoms with Gasteiger partial charge in [0.25, 0.3) is 0 Å². The largest absolute Gasteiger partial charge is 0.481 e. The van der Waals surface area contributed by atoms with Gasteiger partial charge < -0.3 is 5.11 Å². The Labute approximate surface area is 47.4 Å². The first-order valence-corrected chi connectivity index (χ1v) is 1.90. The molecule has 0 amide bonds. The molecule has 0 bridgehead atoms. The van der Waals surface area contributed by atoms with Crippen LogP contribution in [0.5, 0.6) is 0 Å². The molecule has 7 heavy (non-hydrogen) atoms. The van der Waals surface area contributed by atoms with Crippen LogP contribution < -0.4 is 0 Å². The third kappa shape index (κ3) is 2.20. The molecule has 0 aromatic heterocycles. The minimum atomic E-state index is -1.96. The van der Waals surface area contributed by atoms with Crippen LogP contribution in [0.1, 0.15) is 24.3 Å². The van der Waals surface area contributed by atoms with Gasteiger partial charge in [-0.2, -0.15) is 0 Å². The monoisotopic (exact) mass is 105 g/mol. The van der Waals surface area contributed by atoms with Gasteiger partial charge in [0.05, 0.1) is 5.89 Å². The molecule has 0 aliphatic rings. The lowest BCUT2D eigenvalue weighted by atomic mass is 10.1. The van der Waals surface area contributed by atoms with Crippen LogP contribution in [0.4, 0.5) is 0 Å². The van der Waals surface area contributed by atoms with Crippen molar-refractivity contribution >= 4 is 5.97 Å². The Morgan fingerprint density at radius 3 is 3.00 bits per heavy atom. The number of rotatable bonds is 2. The molecule has 42 valence electrons. The van der Waals surface area contributed by atoms with Crippen molar-refractivity contribution in [2.45, 2.75) is 20.2 Å². The summed E-state index contributed by atoms with van der Waals surface area (Å²) in [7, 11) is 0. The Kier molecular flexibility index (Phi) is 1.01. The molecule has 0 fully saturated rings. The normalized spacial score (nSPS) is 28.4. The first-order chi connectivity index (χ1) is 4.45. The molecule has 0 radical (unpaired) electrons. The molecule has 0 rings (SSSR count). The molecule has 0 aromatic carbocycles. The number of carboxylic acids is 1. The fraction of sp³-hybridized carbons (Fsp3) is 0.800. The molecule has 0 saturated heterocycles. The Bertz CT molecular complexity index is 137. The standard InChI is InChI=1S/C5H10O2/c1-3-4(2)5(6)7/h4H,3H2,1-2H3,(H,6,7)/t4-/m1/s1/i2D,3D,4D/t3-,4+/m0. The molecule has 2 heteroatoms. The molecule has 0 aliphatic carbocycles. The van der Waals surface area contributed by atoms with Gasteiger partial charge in [0, 0.05) is 4.11 Å². The van der Waals surface area contributed by atoms with E-state index in [-0.39, 0.29) is 0 Å². The summed E-state index contributed by atoms with van der Waals surface area (Å²) in [6.07, 6.45) is -1.07. The average molecular weight is 105 g/mol. The van der Waals surface area contributed by atoms with Crippen molar-refractivity contribution in [1.82, 2.24) is 0 Å². The van der Waals surface area contributed by atoms with E-state index in [1.807, 2.05) is 0 Å². The van der Waals surface area contributed by atoms with Gasteiger partial charge in [-0.05, 0) is 6.40 Å². The summed E-state index contributed by atoms with van der Waals surface area (Å²) in [6.45, 7) is 0.725. The van der Waals surface area contributed by atoms with E-state index in [0.717, 1.165) is 0 Å². The van der Waals surface area contributed by atoms with Gasteiger partial charge in [-0.3, -0.25) is 4.79 Å². The highest BCUT2D eigenvalue weighted by Crippen LogP contribution is 1.97. The highest BCUT2D eigenvalue weighted by atomic mass is 16.4. The number of hydrogen-bond acceptors (Lipinski definition) is 1. The third-order valence-corrected chi connectivity index (χ3v) is 0.623. The van der Waals surface area contributed by atoms with E-state index < -0.39 is 25.2 Å². The highest BCUT2D eigenvalue weighted by molar-refractivity contribution is 5.69. The van der Waals surface area contributed by atoms with E-state index in [2.05, 4.69) is 0 Å². The molecular formula is C5H10O2. The van der Waals surface area contributed by atoms with Gasteiger partial charge in [0.1, 0.15) is 0 Å². The zero-order valence-electron chi connectivity index (χ0n) is 7.14. The topological polar surface area (TPSA) is 37.3 Å². The number of carbonyl (C=O) groups is 1. The van der Waals surface area contributed by atoms with Crippen molar-refractivity contribution in [3.8, 4) is 0 Å². The van der Waals surface area contributed by atoms with Gasteiger partial charge in [-0.25, -0.2) is 0 Å². The number of aliphatic carboxylic acids is 1. The second kappa shape index (κ2) is 2.61. The fourth-order valence-electron chi connectivity index (χ4n) is 0.123. The molecule has 0 heterocycles. The van der Waals surface area contributed by atoms with Crippen LogP contribution in [0, 0.1) is 5.89 Å². The first-order valence-electron chi connectivity index (χ1n) is 3.68. The lowest BCUT2D eigenvalue weighted by Gasteiger charge is -1.96. The van der Waals surface area contributed by atoms with E-state index >= 15 is 0 Å². The van der Waals surface area contributed by atoms with Crippen LogP contribution in [-0.2, 0) is 4.79 Å². The summed E-state index contributed by atoms with van der Waals surface area (Å²) in [5.74, 6) is -3.36. The van der Waals surface area contributed by atoms with Crippen molar-refractivity contribution < 1.29 is 14.0 Å². The predicted octanol–water partition coefficient (Wildman–Crippen LogP) is 1.12. The van der Waals surface area contributed by atoms with E-state index in [9.17, 15) is 4.79 Å². The van der Waals surface area contributed by atoms with Gasteiger partial charge in [-0.1, -0.05) is 13.8 Å². The van der Waals surface area contributed by atoms with Crippen LogP contribution in [-0.4, -0.2) is 11.1 Å². The molecule has 0 saturated carbocycles. The molecule has 2 nitrogen and oxygen atoms in total. The van der Waals surface area contributed by atoms with Gasteiger partial charge in [-0.15, -0.1) is 0 Å². The maximum Gasteiger partial charge on any atom is 0.306 e. The molecule has 2 atom stereocenters. The Morgan fingerprint density at radius 2 is 3.00 bits per heavy atom. The summed E-state index contributed by atoms with van der Waals surface area (Å²) < 4.78 is 20.8. The summed E-state index contributed by atoms with van der Waals surface area (Å²) in [5.41, 5.74) is 0. The van der Waals surface area contributed by atoms with Crippen molar-refractivity contribution in [2.75, 3.05) is 0 Å². The lowest BCUT2D eigenvalue weighted by Crippen LogP contribution is -2.06. The van der Waals surface area contributed by atoms with Crippen LogP contribution in [0.25, 0.3) is 0 Å². The first kappa shape index (κ1) is 2.70. The average Bonchev–Trinajstić information content (AvgIpc) is 1.85. The smallest absolute Gasteiger partial charge is 0.306 e. The van der Waals surface area contributed by atoms with Crippen molar-refractivity contribution in [3.05, 3.63) is 0 Å².